The van der Waals surface area contributed by atoms with Crippen LogP contribution in [0.15, 0.2) is 29.0 Å². The minimum atomic E-state index is -0.616. The molecule has 0 aliphatic carbocycles. The predicted octanol–water partition coefficient (Wildman–Crippen LogP) is 2.80. The lowest BCUT2D eigenvalue weighted by Crippen LogP contribution is -2.35. The molecule has 7 heteroatoms. The van der Waals surface area contributed by atoms with Crippen molar-refractivity contribution < 1.29 is 14.3 Å². The number of carbonyl (C=O) groups is 2. The Balaban J connectivity index is 2.08. The number of Topliss-reactive ketones (excluding diaryl/α,β-unsaturated/α-hetero) is 1. The Morgan fingerprint density at radius 1 is 1.38 bits per heavy atom. The first-order chi connectivity index (χ1) is 9.78. The van der Waals surface area contributed by atoms with Crippen molar-refractivity contribution in [3.8, 4) is 0 Å². The number of rotatable bonds is 3. The van der Waals surface area contributed by atoms with Crippen LogP contribution in [0.5, 0.6) is 0 Å². The number of imidazole rings is 1. The van der Waals surface area contributed by atoms with Gasteiger partial charge in [0, 0.05) is 12.4 Å². The maximum Gasteiger partial charge on any atom is 0.408 e. The zero-order valence-electron chi connectivity index (χ0n) is 12.0. The summed E-state index contributed by atoms with van der Waals surface area (Å²) in [7, 11) is 0. The Labute approximate surface area is 130 Å². The predicted molar refractivity (Wildman–Crippen MR) is 81.5 cm³/mol. The van der Waals surface area contributed by atoms with Crippen LogP contribution in [-0.4, -0.2) is 33.4 Å². The van der Waals surface area contributed by atoms with Crippen LogP contribution in [0, 0.1) is 0 Å². The smallest absolute Gasteiger partial charge is 0.408 e. The Kier molecular flexibility index (Phi) is 4.32. The van der Waals surface area contributed by atoms with Crippen molar-refractivity contribution in [2.45, 2.75) is 26.4 Å². The highest BCUT2D eigenvalue weighted by atomic mass is 79.9. The lowest BCUT2D eigenvalue weighted by Gasteiger charge is -2.19. The van der Waals surface area contributed by atoms with Gasteiger partial charge in [-0.25, -0.2) is 9.78 Å². The van der Waals surface area contributed by atoms with Crippen LogP contribution in [-0.2, 0) is 4.74 Å². The van der Waals surface area contributed by atoms with Crippen molar-refractivity contribution >= 4 is 33.5 Å². The van der Waals surface area contributed by atoms with Gasteiger partial charge in [-0.05, 0) is 48.8 Å². The lowest BCUT2D eigenvalue weighted by molar-refractivity contribution is 0.0520. The number of aromatic nitrogens is 2. The van der Waals surface area contributed by atoms with E-state index in [1.54, 1.807) is 49.7 Å². The molecule has 0 fully saturated rings. The van der Waals surface area contributed by atoms with Crippen LogP contribution in [0.3, 0.4) is 0 Å². The van der Waals surface area contributed by atoms with Crippen molar-refractivity contribution in [2.24, 2.45) is 0 Å². The molecule has 1 amide bonds. The van der Waals surface area contributed by atoms with Crippen LogP contribution in [0.4, 0.5) is 4.79 Å². The average molecular weight is 354 g/mol. The molecule has 2 heterocycles. The van der Waals surface area contributed by atoms with E-state index in [1.165, 1.54) is 0 Å². The number of ketones is 1. The maximum absolute atomic E-state index is 12.2. The number of fused-ring (bicyclic) bond motifs is 1. The molecule has 0 spiro atoms. The Hall–Kier alpha value is -1.89. The van der Waals surface area contributed by atoms with Crippen LogP contribution in [0.25, 0.3) is 5.65 Å². The summed E-state index contributed by atoms with van der Waals surface area (Å²) < 4.78 is 7.55. The molecular formula is C14H16BrN3O3. The molecule has 0 saturated heterocycles. The van der Waals surface area contributed by atoms with Gasteiger partial charge >= 0.3 is 6.09 Å². The highest BCUT2D eigenvalue weighted by molar-refractivity contribution is 9.10. The van der Waals surface area contributed by atoms with E-state index in [4.69, 9.17) is 4.74 Å². The molecule has 0 aromatic carbocycles. The van der Waals surface area contributed by atoms with E-state index < -0.39 is 11.7 Å². The van der Waals surface area contributed by atoms with E-state index >= 15 is 0 Å². The third-order valence-corrected chi connectivity index (χ3v) is 3.20. The topological polar surface area (TPSA) is 72.7 Å². The Morgan fingerprint density at radius 3 is 2.76 bits per heavy atom. The number of nitrogens with zero attached hydrogens (tertiary/aromatic N) is 2. The van der Waals surface area contributed by atoms with Crippen molar-refractivity contribution in [3.63, 3.8) is 0 Å². The first-order valence-corrected chi connectivity index (χ1v) is 7.19. The van der Waals surface area contributed by atoms with Gasteiger partial charge in [-0.3, -0.25) is 9.20 Å². The lowest BCUT2D eigenvalue weighted by atomic mass is 10.2. The number of hydrogen-bond acceptors (Lipinski definition) is 4. The van der Waals surface area contributed by atoms with E-state index in [0.717, 1.165) is 4.47 Å². The first-order valence-electron chi connectivity index (χ1n) is 6.39. The maximum atomic E-state index is 12.2. The standard InChI is InChI=1S/C14H16BrN3O3/c1-14(2,3)21-13(20)17-8-11(19)10-5-4-9(15)12-16-6-7-18(10)12/h4-7H,8H2,1-3H3,(H,17,20). The Bertz CT molecular complexity index is 688. The summed E-state index contributed by atoms with van der Waals surface area (Å²) in [6.07, 6.45) is 2.69. The van der Waals surface area contributed by atoms with Gasteiger partial charge in [0.05, 0.1) is 16.7 Å². The number of alkyl carbamates (subject to hydrolysis) is 1. The number of nitrogens with one attached hydrogen (secondary N) is 1. The molecule has 2 aromatic heterocycles. The summed E-state index contributed by atoms with van der Waals surface area (Å²) in [4.78, 5) is 27.9. The highest BCUT2D eigenvalue weighted by Crippen LogP contribution is 2.18. The number of carbonyl (C=O) groups excluding carboxylic acids is 2. The molecular weight excluding hydrogens is 338 g/mol. The van der Waals surface area contributed by atoms with Crippen molar-refractivity contribution in [3.05, 3.63) is 34.7 Å². The minimum absolute atomic E-state index is 0.135. The second kappa shape index (κ2) is 5.85. The molecule has 2 rings (SSSR count). The molecule has 112 valence electrons. The largest absolute Gasteiger partial charge is 0.444 e. The molecule has 21 heavy (non-hydrogen) atoms. The fourth-order valence-corrected chi connectivity index (χ4v) is 2.19. The zero-order valence-corrected chi connectivity index (χ0v) is 13.6. The molecule has 0 bridgehead atoms. The molecule has 0 unspecified atom stereocenters. The van der Waals surface area contributed by atoms with E-state index in [2.05, 4.69) is 26.2 Å². The van der Waals surface area contributed by atoms with Crippen molar-refractivity contribution in [1.29, 1.82) is 0 Å². The van der Waals surface area contributed by atoms with Gasteiger partial charge in [0.15, 0.2) is 11.4 Å². The van der Waals surface area contributed by atoms with Crippen molar-refractivity contribution in [2.75, 3.05) is 6.54 Å². The van der Waals surface area contributed by atoms with Gasteiger partial charge in [-0.1, -0.05) is 0 Å². The zero-order chi connectivity index (χ0) is 15.6. The van der Waals surface area contributed by atoms with Crippen molar-refractivity contribution in [1.82, 2.24) is 14.7 Å². The first kappa shape index (κ1) is 15.5. The highest BCUT2D eigenvalue weighted by Gasteiger charge is 2.18. The van der Waals surface area contributed by atoms with Gasteiger partial charge in [-0.2, -0.15) is 0 Å². The van der Waals surface area contributed by atoms with Gasteiger partial charge in [0.1, 0.15) is 5.60 Å². The number of hydrogen-bond donors (Lipinski definition) is 1. The summed E-state index contributed by atoms with van der Waals surface area (Å²) in [5.41, 5.74) is 0.502. The fourth-order valence-electron chi connectivity index (χ4n) is 1.77. The third-order valence-electron chi connectivity index (χ3n) is 2.58. The quantitative estimate of drug-likeness (QED) is 0.861. The average Bonchev–Trinajstić information content (AvgIpc) is 2.84. The van der Waals surface area contributed by atoms with Gasteiger partial charge in [0.25, 0.3) is 0 Å². The number of amides is 1. The monoisotopic (exact) mass is 353 g/mol. The summed E-state index contributed by atoms with van der Waals surface area (Å²) in [5, 5.41) is 2.45. The molecule has 0 aliphatic heterocycles. The number of pyridine rings is 1. The minimum Gasteiger partial charge on any atom is -0.444 e. The molecule has 6 nitrogen and oxygen atoms in total. The number of ether oxygens (including phenoxy) is 1. The summed E-state index contributed by atoms with van der Waals surface area (Å²) in [5.74, 6) is -0.226. The molecule has 2 aromatic rings. The van der Waals surface area contributed by atoms with E-state index in [9.17, 15) is 9.59 Å². The normalized spacial score (nSPS) is 11.4. The second-order valence-electron chi connectivity index (χ2n) is 5.47. The van der Waals surface area contributed by atoms with Crippen LogP contribution >= 0.6 is 15.9 Å². The fraction of sp³-hybridized carbons (Fsp3) is 0.357. The summed E-state index contributed by atoms with van der Waals surface area (Å²) in [6, 6.07) is 3.43. The summed E-state index contributed by atoms with van der Waals surface area (Å²) >= 11 is 3.37. The van der Waals surface area contributed by atoms with E-state index in [1.807, 2.05) is 0 Å². The molecule has 0 radical (unpaired) electrons. The van der Waals surface area contributed by atoms with Gasteiger partial charge in [0.2, 0.25) is 0 Å². The second-order valence-corrected chi connectivity index (χ2v) is 6.32. The van der Waals surface area contributed by atoms with Crippen LogP contribution in [0.1, 0.15) is 31.3 Å². The Morgan fingerprint density at radius 2 is 2.10 bits per heavy atom. The van der Waals surface area contributed by atoms with Crippen LogP contribution in [0.2, 0.25) is 0 Å². The van der Waals surface area contributed by atoms with Crippen LogP contribution < -0.4 is 5.32 Å². The number of halogens is 1. The van der Waals surface area contributed by atoms with E-state index in [-0.39, 0.29) is 12.3 Å². The molecule has 1 N–H and O–H groups in total. The molecule has 0 aliphatic rings. The van der Waals surface area contributed by atoms with Gasteiger partial charge < -0.3 is 10.1 Å². The molecule has 0 atom stereocenters. The SMILES string of the molecule is CC(C)(C)OC(=O)NCC(=O)c1ccc(Br)c2nccn12. The molecule has 0 saturated carbocycles. The van der Waals surface area contributed by atoms with Gasteiger partial charge in [-0.15, -0.1) is 0 Å². The van der Waals surface area contributed by atoms with E-state index in [0.29, 0.717) is 11.3 Å². The summed E-state index contributed by atoms with van der Waals surface area (Å²) in [6.45, 7) is 5.15. The third kappa shape index (κ3) is 3.81.